The second-order valence-corrected chi connectivity index (χ2v) is 10.4. The molecule has 12 heteroatoms. The molecule has 0 aromatic heterocycles. The van der Waals surface area contributed by atoms with Crippen LogP contribution in [0.2, 0.25) is 0 Å². The van der Waals surface area contributed by atoms with Gasteiger partial charge in [-0.3, -0.25) is 4.79 Å². The number of carbonyl (C=O) groups is 2. The van der Waals surface area contributed by atoms with Crippen LogP contribution in [0.5, 0.6) is 0 Å². The van der Waals surface area contributed by atoms with Crippen molar-refractivity contribution < 1.29 is 41.0 Å². The molecule has 3 rings (SSSR count). The largest absolute Gasteiger partial charge is 0.466 e. The molecule has 0 aliphatic carbocycles. The van der Waals surface area contributed by atoms with E-state index in [0.29, 0.717) is 17.0 Å². The average Bonchev–Trinajstić information content (AvgIpc) is 2.85. The van der Waals surface area contributed by atoms with Gasteiger partial charge in [-0.15, -0.1) is 0 Å². The summed E-state index contributed by atoms with van der Waals surface area (Å²) in [7, 11) is -3.12. The SMILES string of the molecule is COC(=O)C=Cc1ccc(S(=O)(=O)CC(C)(O)C(=O)Nc2ccc(C#N)c(C(F)(F)F)c2)c2ccccc12. The number of methoxy groups -OCH3 is 1. The molecule has 38 heavy (non-hydrogen) atoms. The van der Waals surface area contributed by atoms with Crippen molar-refractivity contribution in [2.45, 2.75) is 23.6 Å². The summed E-state index contributed by atoms with van der Waals surface area (Å²) >= 11 is 0. The van der Waals surface area contributed by atoms with Gasteiger partial charge in [0.05, 0.1) is 35.0 Å². The molecule has 198 valence electrons. The number of rotatable bonds is 7. The van der Waals surface area contributed by atoms with Crippen molar-refractivity contribution in [2.75, 3.05) is 18.2 Å². The maximum absolute atomic E-state index is 13.3. The lowest BCUT2D eigenvalue weighted by Crippen LogP contribution is -2.45. The number of ether oxygens (including phenoxy) is 1. The number of esters is 1. The number of benzene rings is 3. The maximum Gasteiger partial charge on any atom is 0.417 e. The number of carbonyl (C=O) groups excluding carboxylic acids is 2. The Morgan fingerprint density at radius 2 is 1.76 bits per heavy atom. The van der Waals surface area contributed by atoms with Gasteiger partial charge in [-0.1, -0.05) is 30.3 Å². The number of aliphatic hydroxyl groups is 1. The molecular weight excluding hydrogens is 525 g/mol. The highest BCUT2D eigenvalue weighted by molar-refractivity contribution is 7.91. The molecule has 1 unspecified atom stereocenters. The van der Waals surface area contributed by atoms with Gasteiger partial charge in [0.25, 0.3) is 5.91 Å². The van der Waals surface area contributed by atoms with Crippen molar-refractivity contribution in [1.82, 2.24) is 0 Å². The second kappa shape index (κ2) is 10.6. The average molecular weight is 547 g/mol. The van der Waals surface area contributed by atoms with E-state index in [1.54, 1.807) is 18.2 Å². The molecule has 1 amide bonds. The first-order valence-electron chi connectivity index (χ1n) is 10.9. The number of nitrogens with zero attached hydrogens (tertiary/aromatic N) is 1. The van der Waals surface area contributed by atoms with Gasteiger partial charge < -0.3 is 15.2 Å². The number of anilines is 1. The summed E-state index contributed by atoms with van der Waals surface area (Å²) in [6.07, 6.45) is -2.27. The minimum Gasteiger partial charge on any atom is -0.466 e. The van der Waals surface area contributed by atoms with Crippen LogP contribution < -0.4 is 5.32 Å². The van der Waals surface area contributed by atoms with Gasteiger partial charge in [0.1, 0.15) is 0 Å². The fraction of sp³-hybridized carbons (Fsp3) is 0.192. The molecule has 0 aliphatic rings. The minimum atomic E-state index is -4.88. The molecule has 8 nitrogen and oxygen atoms in total. The third-order valence-electron chi connectivity index (χ3n) is 5.52. The molecule has 0 saturated carbocycles. The number of alkyl halides is 3. The summed E-state index contributed by atoms with van der Waals surface area (Å²) in [6, 6.07) is 12.9. The van der Waals surface area contributed by atoms with Crippen LogP contribution in [-0.2, 0) is 30.3 Å². The van der Waals surface area contributed by atoms with Gasteiger partial charge in [-0.25, -0.2) is 13.2 Å². The van der Waals surface area contributed by atoms with Crippen LogP contribution in [0.1, 0.15) is 23.6 Å². The van der Waals surface area contributed by atoms with Crippen molar-refractivity contribution >= 4 is 44.2 Å². The Kier molecular flexibility index (Phi) is 7.95. The zero-order chi connectivity index (χ0) is 28.3. The van der Waals surface area contributed by atoms with Crippen LogP contribution in [0.15, 0.2) is 65.6 Å². The van der Waals surface area contributed by atoms with E-state index < -0.39 is 50.4 Å². The van der Waals surface area contributed by atoms with Gasteiger partial charge in [0.15, 0.2) is 15.4 Å². The maximum atomic E-state index is 13.3. The minimum absolute atomic E-state index is 0.200. The predicted molar refractivity (Wildman–Crippen MR) is 132 cm³/mol. The third kappa shape index (κ3) is 6.19. The lowest BCUT2D eigenvalue weighted by molar-refractivity contribution is -0.138. The van der Waals surface area contributed by atoms with Crippen LogP contribution in [0, 0.1) is 11.3 Å². The molecule has 0 aliphatic heterocycles. The van der Waals surface area contributed by atoms with E-state index in [9.17, 15) is 36.3 Å². The summed E-state index contributed by atoms with van der Waals surface area (Å²) in [4.78, 5) is 24.0. The highest BCUT2D eigenvalue weighted by atomic mass is 32.2. The molecule has 0 heterocycles. The number of hydrogen-bond acceptors (Lipinski definition) is 7. The van der Waals surface area contributed by atoms with Crippen LogP contribution in [0.3, 0.4) is 0 Å². The first kappa shape index (κ1) is 28.4. The highest BCUT2D eigenvalue weighted by Gasteiger charge is 2.38. The van der Waals surface area contributed by atoms with Crippen molar-refractivity contribution in [1.29, 1.82) is 5.26 Å². The Morgan fingerprint density at radius 3 is 2.37 bits per heavy atom. The van der Waals surface area contributed by atoms with Crippen LogP contribution in [-0.4, -0.2) is 43.9 Å². The highest BCUT2D eigenvalue weighted by Crippen LogP contribution is 2.34. The fourth-order valence-electron chi connectivity index (χ4n) is 3.67. The van der Waals surface area contributed by atoms with E-state index in [-0.39, 0.29) is 16.0 Å². The summed E-state index contributed by atoms with van der Waals surface area (Å²) in [5.74, 6) is -2.96. The van der Waals surface area contributed by atoms with Crippen LogP contribution in [0.4, 0.5) is 18.9 Å². The molecule has 0 spiro atoms. The quantitative estimate of drug-likeness (QED) is 0.337. The van der Waals surface area contributed by atoms with E-state index in [1.807, 2.05) is 0 Å². The molecule has 1 atom stereocenters. The summed E-state index contributed by atoms with van der Waals surface area (Å²) in [5, 5.41) is 22.5. The van der Waals surface area contributed by atoms with Gasteiger partial charge in [-0.2, -0.15) is 18.4 Å². The fourth-order valence-corrected chi connectivity index (χ4v) is 5.49. The first-order chi connectivity index (χ1) is 17.7. The Bertz CT molecular complexity index is 1590. The van der Waals surface area contributed by atoms with Gasteiger partial charge >= 0.3 is 12.1 Å². The number of amides is 1. The lowest BCUT2D eigenvalue weighted by atomic mass is 10.0. The topological polar surface area (TPSA) is 134 Å². The van der Waals surface area contributed by atoms with Gasteiger partial charge in [-0.05, 0) is 48.2 Å². The van der Waals surface area contributed by atoms with Crippen molar-refractivity contribution in [3.05, 3.63) is 77.4 Å². The Labute approximate surface area is 215 Å². The molecule has 0 bridgehead atoms. The number of hydrogen-bond donors (Lipinski definition) is 2. The number of sulfone groups is 1. The number of halogens is 3. The standard InChI is InChI=1S/C26H21F3N2O6S/c1-25(34,24(33)31-18-10-7-17(14-30)21(13-18)26(27,28)29)15-38(35,36)22-11-8-16(9-12-23(32)37-2)19-5-3-4-6-20(19)22/h3-13,34H,15H2,1-2H3,(H,31,33). The summed E-state index contributed by atoms with van der Waals surface area (Å²) in [6.45, 7) is 0.920. The van der Waals surface area contributed by atoms with Crippen LogP contribution >= 0.6 is 0 Å². The third-order valence-corrected chi connectivity index (χ3v) is 7.48. The molecule has 0 fully saturated rings. The van der Waals surface area contributed by atoms with E-state index in [2.05, 4.69) is 10.1 Å². The van der Waals surface area contributed by atoms with E-state index >= 15 is 0 Å². The first-order valence-corrected chi connectivity index (χ1v) is 12.5. The molecule has 3 aromatic rings. The van der Waals surface area contributed by atoms with E-state index in [4.69, 9.17) is 5.26 Å². The zero-order valence-corrected chi connectivity index (χ0v) is 20.9. The number of fused-ring (bicyclic) bond motifs is 1. The van der Waals surface area contributed by atoms with Gasteiger partial charge in [0, 0.05) is 17.1 Å². The van der Waals surface area contributed by atoms with Gasteiger partial charge in [0.2, 0.25) is 0 Å². The van der Waals surface area contributed by atoms with Crippen molar-refractivity contribution in [2.24, 2.45) is 0 Å². The Hall–Kier alpha value is -4.21. The second-order valence-electron chi connectivity index (χ2n) is 8.41. The molecule has 2 N–H and O–H groups in total. The smallest absolute Gasteiger partial charge is 0.417 e. The zero-order valence-electron chi connectivity index (χ0n) is 20.0. The van der Waals surface area contributed by atoms with Crippen LogP contribution in [0.25, 0.3) is 16.8 Å². The molecule has 3 aromatic carbocycles. The van der Waals surface area contributed by atoms with Crippen molar-refractivity contribution in [3.8, 4) is 6.07 Å². The molecular formula is C26H21F3N2O6S. The monoisotopic (exact) mass is 546 g/mol. The summed E-state index contributed by atoms with van der Waals surface area (Å²) in [5.41, 5.74) is -4.38. The lowest BCUT2D eigenvalue weighted by Gasteiger charge is -2.23. The Balaban J connectivity index is 1.92. The number of nitriles is 1. The number of nitrogens with one attached hydrogen (secondary N) is 1. The normalized spacial score (nSPS) is 13.6. The van der Waals surface area contributed by atoms with E-state index in [0.717, 1.165) is 19.1 Å². The van der Waals surface area contributed by atoms with Crippen molar-refractivity contribution in [3.63, 3.8) is 0 Å². The summed E-state index contributed by atoms with van der Waals surface area (Å²) < 4.78 is 70.9. The van der Waals surface area contributed by atoms with E-state index in [1.165, 1.54) is 43.5 Å². The Morgan fingerprint density at radius 1 is 1.11 bits per heavy atom. The molecule has 0 radical (unpaired) electrons. The molecule has 0 saturated heterocycles. The predicted octanol–water partition coefficient (Wildman–Crippen LogP) is 4.08.